The molecule has 0 spiro atoms. The van der Waals surface area contributed by atoms with Gasteiger partial charge >= 0.3 is 10.2 Å². The largest absolute Gasteiger partial charge is 0.505 e. The molecular formula is C11H10Cl2FNO4S. The lowest BCUT2D eigenvalue weighted by Gasteiger charge is -2.17. The Morgan fingerprint density at radius 3 is 2.40 bits per heavy atom. The number of carbonyl (C=O) groups is 1. The molecule has 1 N–H and O–H groups in total. The molecule has 1 aliphatic rings. The molecule has 1 unspecified atom stereocenters. The van der Waals surface area contributed by atoms with Gasteiger partial charge in [-0.25, -0.2) is 0 Å². The summed E-state index contributed by atoms with van der Waals surface area (Å²) in [5, 5.41) is 9.40. The summed E-state index contributed by atoms with van der Waals surface area (Å²) in [7, 11) is -4.63. The van der Waals surface area contributed by atoms with Crippen LogP contribution in [0, 0.1) is 5.92 Å². The summed E-state index contributed by atoms with van der Waals surface area (Å²) in [6.07, 6.45) is -0.0702. The molecule has 0 aromatic heterocycles. The molecule has 5 nitrogen and oxygen atoms in total. The Labute approximate surface area is 125 Å². The predicted molar refractivity (Wildman–Crippen MR) is 73.5 cm³/mol. The monoisotopic (exact) mass is 341 g/mol. The first kappa shape index (κ1) is 15.3. The van der Waals surface area contributed by atoms with E-state index >= 15 is 0 Å². The lowest BCUT2D eigenvalue weighted by atomic mass is 10.1. The van der Waals surface area contributed by atoms with Crippen LogP contribution in [0.15, 0.2) is 12.1 Å². The first-order valence-electron chi connectivity index (χ1n) is 5.58. The van der Waals surface area contributed by atoms with Crippen LogP contribution in [0.4, 0.5) is 9.57 Å². The molecule has 1 fully saturated rings. The Bertz CT molecular complexity index is 641. The Kier molecular flexibility index (Phi) is 4.13. The number of carbonyl (C=O) groups excluding carboxylic acids is 1. The minimum atomic E-state index is -4.63. The van der Waals surface area contributed by atoms with Crippen molar-refractivity contribution in [2.45, 2.75) is 6.42 Å². The molecule has 1 saturated heterocycles. The van der Waals surface area contributed by atoms with Gasteiger partial charge < -0.3 is 10.0 Å². The highest BCUT2D eigenvalue weighted by Gasteiger charge is 2.34. The van der Waals surface area contributed by atoms with Crippen LogP contribution in [0.1, 0.15) is 6.42 Å². The van der Waals surface area contributed by atoms with Crippen molar-refractivity contribution < 1.29 is 22.2 Å². The van der Waals surface area contributed by atoms with Crippen LogP contribution in [-0.2, 0) is 15.0 Å². The average Bonchev–Trinajstić information content (AvgIpc) is 2.63. The standard InChI is InChI=1S/C11H10Cl2FNO4S/c12-8-2-7(3-9(13)11(8)17)15-4-6(1-10(15)16)5-20(14,18)19/h2-3,6,17H,1,4-5H2. The van der Waals surface area contributed by atoms with E-state index in [-0.39, 0.29) is 34.7 Å². The topological polar surface area (TPSA) is 74.7 Å². The van der Waals surface area contributed by atoms with E-state index in [1.165, 1.54) is 17.0 Å². The Morgan fingerprint density at radius 1 is 1.35 bits per heavy atom. The van der Waals surface area contributed by atoms with Crippen LogP contribution in [0.25, 0.3) is 0 Å². The zero-order valence-electron chi connectivity index (χ0n) is 10.0. The molecule has 1 aromatic carbocycles. The number of halogens is 3. The van der Waals surface area contributed by atoms with Gasteiger partial charge in [-0.1, -0.05) is 23.2 Å². The predicted octanol–water partition coefficient (Wildman–Crippen LogP) is 2.35. The molecular weight excluding hydrogens is 332 g/mol. The summed E-state index contributed by atoms with van der Waals surface area (Å²) in [4.78, 5) is 13.1. The number of rotatable bonds is 3. The summed E-state index contributed by atoms with van der Waals surface area (Å²) >= 11 is 11.5. The van der Waals surface area contributed by atoms with E-state index in [0.29, 0.717) is 5.69 Å². The van der Waals surface area contributed by atoms with E-state index < -0.39 is 21.9 Å². The normalized spacial score (nSPS) is 19.6. The number of amides is 1. The van der Waals surface area contributed by atoms with E-state index in [2.05, 4.69) is 0 Å². The van der Waals surface area contributed by atoms with Crippen molar-refractivity contribution in [1.29, 1.82) is 0 Å². The average molecular weight is 342 g/mol. The molecule has 1 aromatic rings. The molecule has 9 heteroatoms. The van der Waals surface area contributed by atoms with Gasteiger partial charge in [-0.2, -0.15) is 8.42 Å². The van der Waals surface area contributed by atoms with Crippen LogP contribution >= 0.6 is 23.2 Å². The highest BCUT2D eigenvalue weighted by molar-refractivity contribution is 7.86. The maximum absolute atomic E-state index is 12.6. The van der Waals surface area contributed by atoms with E-state index in [0.717, 1.165) is 0 Å². The molecule has 20 heavy (non-hydrogen) atoms. The molecule has 1 atom stereocenters. The van der Waals surface area contributed by atoms with Crippen molar-refractivity contribution in [3.63, 3.8) is 0 Å². The third kappa shape index (κ3) is 3.34. The fourth-order valence-corrected chi connectivity index (χ4v) is 3.39. The molecule has 0 saturated carbocycles. The lowest BCUT2D eigenvalue weighted by molar-refractivity contribution is -0.117. The first-order valence-corrected chi connectivity index (χ1v) is 7.89. The third-order valence-electron chi connectivity index (χ3n) is 2.95. The van der Waals surface area contributed by atoms with E-state index in [9.17, 15) is 22.2 Å². The number of benzene rings is 1. The lowest BCUT2D eigenvalue weighted by Crippen LogP contribution is -2.25. The molecule has 1 aliphatic heterocycles. The van der Waals surface area contributed by atoms with Gasteiger partial charge in [0.15, 0.2) is 5.75 Å². The second kappa shape index (κ2) is 5.38. The van der Waals surface area contributed by atoms with Crippen molar-refractivity contribution in [3.8, 4) is 5.75 Å². The van der Waals surface area contributed by atoms with Crippen LogP contribution in [0.3, 0.4) is 0 Å². The van der Waals surface area contributed by atoms with Crippen LogP contribution in [0.5, 0.6) is 5.75 Å². The Morgan fingerprint density at radius 2 is 1.90 bits per heavy atom. The van der Waals surface area contributed by atoms with Crippen molar-refractivity contribution >= 4 is 45.0 Å². The zero-order valence-corrected chi connectivity index (χ0v) is 12.3. The molecule has 110 valence electrons. The van der Waals surface area contributed by atoms with Gasteiger partial charge in [0, 0.05) is 24.6 Å². The summed E-state index contributed by atoms with van der Waals surface area (Å²) in [5.74, 6) is -1.97. The highest BCUT2D eigenvalue weighted by Crippen LogP contribution is 2.37. The van der Waals surface area contributed by atoms with Crippen molar-refractivity contribution in [2.24, 2.45) is 5.92 Å². The van der Waals surface area contributed by atoms with E-state index in [1.807, 2.05) is 0 Å². The number of aromatic hydroxyl groups is 1. The summed E-state index contributed by atoms with van der Waals surface area (Å²) in [6, 6.07) is 2.68. The number of phenols is 1. The quantitative estimate of drug-likeness (QED) is 0.856. The van der Waals surface area contributed by atoms with Crippen molar-refractivity contribution in [3.05, 3.63) is 22.2 Å². The zero-order chi connectivity index (χ0) is 15.1. The van der Waals surface area contributed by atoms with Crippen LogP contribution < -0.4 is 4.90 Å². The van der Waals surface area contributed by atoms with Gasteiger partial charge in [-0.3, -0.25) is 4.79 Å². The summed E-state index contributed by atoms with van der Waals surface area (Å²) < 4.78 is 33.9. The van der Waals surface area contributed by atoms with Crippen LogP contribution in [0.2, 0.25) is 10.0 Å². The van der Waals surface area contributed by atoms with Gasteiger partial charge in [0.05, 0.1) is 15.8 Å². The second-order valence-electron chi connectivity index (χ2n) is 4.54. The molecule has 1 heterocycles. The number of nitrogens with zero attached hydrogens (tertiary/aromatic N) is 1. The number of hydrogen-bond acceptors (Lipinski definition) is 4. The first-order chi connectivity index (χ1) is 9.17. The van der Waals surface area contributed by atoms with Gasteiger partial charge in [-0.15, -0.1) is 3.89 Å². The highest BCUT2D eigenvalue weighted by atomic mass is 35.5. The van der Waals surface area contributed by atoms with Crippen molar-refractivity contribution in [1.82, 2.24) is 0 Å². The fourth-order valence-electron chi connectivity index (χ4n) is 2.13. The summed E-state index contributed by atoms with van der Waals surface area (Å²) in [5.41, 5.74) is 0.335. The number of hydrogen-bond donors (Lipinski definition) is 1. The molecule has 1 amide bonds. The second-order valence-corrected chi connectivity index (χ2v) is 6.76. The molecule has 0 radical (unpaired) electrons. The van der Waals surface area contributed by atoms with Crippen LogP contribution in [-0.4, -0.2) is 31.7 Å². The van der Waals surface area contributed by atoms with Crippen molar-refractivity contribution in [2.75, 3.05) is 17.2 Å². The number of anilines is 1. The maximum atomic E-state index is 12.6. The molecule has 2 rings (SSSR count). The number of phenolic OH excluding ortho intramolecular Hbond substituents is 1. The SMILES string of the molecule is O=C1CC(CS(=O)(=O)F)CN1c1cc(Cl)c(O)c(Cl)c1. The maximum Gasteiger partial charge on any atom is 0.302 e. The van der Waals surface area contributed by atoms with E-state index in [4.69, 9.17) is 23.2 Å². The smallest absolute Gasteiger partial charge is 0.302 e. The van der Waals surface area contributed by atoms with E-state index in [1.54, 1.807) is 0 Å². The Balaban J connectivity index is 2.24. The Hall–Kier alpha value is -1.05. The van der Waals surface area contributed by atoms with Gasteiger partial charge in [0.1, 0.15) is 0 Å². The minimum absolute atomic E-state index is 0.0261. The third-order valence-corrected chi connectivity index (χ3v) is 4.40. The fraction of sp³-hybridized carbons (Fsp3) is 0.364. The minimum Gasteiger partial charge on any atom is -0.505 e. The molecule has 0 bridgehead atoms. The molecule has 0 aliphatic carbocycles. The van der Waals surface area contributed by atoms with Gasteiger partial charge in [0.2, 0.25) is 5.91 Å². The van der Waals surface area contributed by atoms with Gasteiger partial charge in [0.25, 0.3) is 0 Å². The summed E-state index contributed by atoms with van der Waals surface area (Å²) in [6.45, 7) is 0.0550. The van der Waals surface area contributed by atoms with Gasteiger partial charge in [-0.05, 0) is 12.1 Å².